The fourth-order valence-corrected chi connectivity index (χ4v) is 0.994. The van der Waals surface area contributed by atoms with Gasteiger partial charge in [-0.25, -0.2) is 5.01 Å². The van der Waals surface area contributed by atoms with Crippen molar-refractivity contribution in [3.8, 4) is 0 Å². The number of carbonyl (C=O) groups excluding carboxylic acids is 1. The van der Waals surface area contributed by atoms with Crippen molar-refractivity contribution in [1.29, 1.82) is 0 Å². The van der Waals surface area contributed by atoms with Gasteiger partial charge in [0.15, 0.2) is 0 Å². The van der Waals surface area contributed by atoms with Crippen LogP contribution in [0.25, 0.3) is 0 Å². The Morgan fingerprint density at radius 3 is 2.79 bits per heavy atom. The highest BCUT2D eigenvalue weighted by molar-refractivity contribution is 5.77. The number of nitrogens with one attached hydrogen (secondary N) is 1. The lowest BCUT2D eigenvalue weighted by molar-refractivity contribution is -0.124. The summed E-state index contributed by atoms with van der Waals surface area (Å²) in [5.41, 5.74) is 9.40. The van der Waals surface area contributed by atoms with Crippen LogP contribution in [0.5, 0.6) is 0 Å². The van der Waals surface area contributed by atoms with E-state index in [-0.39, 0.29) is 12.3 Å². The third-order valence-corrected chi connectivity index (χ3v) is 1.54. The Balaban J connectivity index is 2.52. The molecule has 0 saturated heterocycles. The number of hydrogen-bond donors (Lipinski definition) is 2. The molecule has 0 atom stereocenters. The normalized spacial score (nSPS) is 10.2. The fraction of sp³-hybridized carbons (Fsp3) is 0.333. The van der Waals surface area contributed by atoms with Gasteiger partial charge in [0.05, 0.1) is 18.3 Å². The first kappa shape index (κ1) is 10.5. The minimum absolute atomic E-state index is 0.0905. The van der Waals surface area contributed by atoms with E-state index in [1.165, 1.54) is 6.20 Å². The summed E-state index contributed by atoms with van der Waals surface area (Å²) in [6.45, 7) is 0. The Morgan fingerprint density at radius 1 is 1.57 bits per heavy atom. The van der Waals surface area contributed by atoms with E-state index in [0.29, 0.717) is 11.4 Å². The van der Waals surface area contributed by atoms with E-state index in [9.17, 15) is 4.79 Å². The van der Waals surface area contributed by atoms with Crippen molar-refractivity contribution in [3.63, 3.8) is 0 Å². The number of amides is 1. The van der Waals surface area contributed by atoms with Crippen LogP contribution in [0.15, 0.2) is 18.3 Å². The zero-order valence-electron chi connectivity index (χ0n) is 8.32. The number of nitrogens with zero attached hydrogens (tertiary/aromatic N) is 2. The number of rotatable bonds is 3. The Labute approximate surface area is 82.9 Å². The molecule has 1 aromatic rings. The van der Waals surface area contributed by atoms with Gasteiger partial charge in [0, 0.05) is 19.8 Å². The van der Waals surface area contributed by atoms with Crippen molar-refractivity contribution >= 4 is 11.6 Å². The van der Waals surface area contributed by atoms with Gasteiger partial charge in [-0.3, -0.25) is 15.2 Å². The quantitative estimate of drug-likeness (QED) is 0.654. The monoisotopic (exact) mass is 194 g/mol. The van der Waals surface area contributed by atoms with Crippen LogP contribution in [-0.4, -0.2) is 30.0 Å². The molecule has 76 valence electrons. The third kappa shape index (κ3) is 3.40. The molecular weight excluding hydrogens is 180 g/mol. The largest absolute Gasteiger partial charge is 0.397 e. The molecule has 5 nitrogen and oxygen atoms in total. The molecule has 0 fully saturated rings. The number of nitrogen functional groups attached to an aromatic ring is 1. The molecule has 0 aliphatic carbocycles. The van der Waals surface area contributed by atoms with E-state index in [1.54, 1.807) is 31.2 Å². The van der Waals surface area contributed by atoms with Crippen LogP contribution >= 0.6 is 0 Å². The summed E-state index contributed by atoms with van der Waals surface area (Å²) in [6.07, 6.45) is 1.80. The molecule has 0 aromatic carbocycles. The summed E-state index contributed by atoms with van der Waals surface area (Å²) in [5.74, 6) is -0.0905. The first-order valence-electron chi connectivity index (χ1n) is 4.25. The second kappa shape index (κ2) is 4.57. The lowest BCUT2D eigenvalue weighted by atomic mass is 10.2. The maximum Gasteiger partial charge on any atom is 0.240 e. The lowest BCUT2D eigenvalue weighted by Gasteiger charge is -2.11. The van der Waals surface area contributed by atoms with Crippen LogP contribution in [0.4, 0.5) is 5.69 Å². The number of nitrogens with two attached hydrogens (primary N) is 1. The van der Waals surface area contributed by atoms with Crippen molar-refractivity contribution in [2.24, 2.45) is 0 Å². The Hall–Kier alpha value is -1.62. The molecule has 0 unspecified atom stereocenters. The highest BCUT2D eigenvalue weighted by Gasteiger charge is 2.04. The Bertz CT molecular complexity index is 307. The molecule has 1 aromatic heterocycles. The molecule has 1 amide bonds. The van der Waals surface area contributed by atoms with Crippen LogP contribution in [0.2, 0.25) is 0 Å². The molecular formula is C9H14N4O. The predicted octanol–water partition coefficient (Wildman–Crippen LogP) is -0.201. The van der Waals surface area contributed by atoms with Crippen molar-refractivity contribution in [3.05, 3.63) is 24.0 Å². The highest BCUT2D eigenvalue weighted by atomic mass is 16.2. The van der Waals surface area contributed by atoms with Gasteiger partial charge >= 0.3 is 0 Å². The SMILES string of the molecule is CN(C)NC(=O)Cc1ccc(N)cn1. The Morgan fingerprint density at radius 2 is 2.29 bits per heavy atom. The molecule has 5 heteroatoms. The van der Waals surface area contributed by atoms with Crippen LogP contribution in [0.3, 0.4) is 0 Å². The maximum absolute atomic E-state index is 11.3. The molecule has 0 aliphatic rings. The van der Waals surface area contributed by atoms with Crippen LogP contribution < -0.4 is 11.2 Å². The molecule has 1 heterocycles. The van der Waals surface area contributed by atoms with Crippen molar-refractivity contribution < 1.29 is 4.79 Å². The molecule has 0 bridgehead atoms. The molecule has 0 radical (unpaired) electrons. The number of hydrazine groups is 1. The summed E-state index contributed by atoms with van der Waals surface area (Å²) in [5, 5.41) is 1.60. The number of pyridine rings is 1. The predicted molar refractivity (Wildman–Crippen MR) is 54.2 cm³/mol. The van der Waals surface area contributed by atoms with E-state index in [0.717, 1.165) is 0 Å². The summed E-state index contributed by atoms with van der Waals surface area (Å²) in [7, 11) is 3.52. The van der Waals surface area contributed by atoms with E-state index < -0.39 is 0 Å². The number of aromatic nitrogens is 1. The molecule has 0 spiro atoms. The fourth-order valence-electron chi connectivity index (χ4n) is 0.994. The van der Waals surface area contributed by atoms with Gasteiger partial charge in [-0.15, -0.1) is 0 Å². The second-order valence-corrected chi connectivity index (χ2v) is 3.19. The first-order valence-corrected chi connectivity index (χ1v) is 4.25. The average molecular weight is 194 g/mol. The first-order chi connectivity index (χ1) is 6.58. The smallest absolute Gasteiger partial charge is 0.240 e. The van der Waals surface area contributed by atoms with Crippen LogP contribution in [0.1, 0.15) is 5.69 Å². The van der Waals surface area contributed by atoms with Gasteiger partial charge in [-0.05, 0) is 12.1 Å². The molecule has 3 N–H and O–H groups in total. The van der Waals surface area contributed by atoms with Crippen LogP contribution in [-0.2, 0) is 11.2 Å². The minimum Gasteiger partial charge on any atom is -0.397 e. The van der Waals surface area contributed by atoms with E-state index >= 15 is 0 Å². The second-order valence-electron chi connectivity index (χ2n) is 3.19. The zero-order chi connectivity index (χ0) is 10.6. The third-order valence-electron chi connectivity index (χ3n) is 1.54. The van der Waals surface area contributed by atoms with E-state index in [4.69, 9.17) is 5.73 Å². The number of carbonyl (C=O) groups is 1. The summed E-state index contributed by atoms with van der Waals surface area (Å²) in [4.78, 5) is 15.3. The maximum atomic E-state index is 11.3. The minimum atomic E-state index is -0.0905. The summed E-state index contributed by atoms with van der Waals surface area (Å²) < 4.78 is 0. The van der Waals surface area contributed by atoms with E-state index in [1.807, 2.05) is 0 Å². The average Bonchev–Trinajstić information content (AvgIpc) is 2.07. The van der Waals surface area contributed by atoms with Gasteiger partial charge in [0.1, 0.15) is 0 Å². The molecule has 14 heavy (non-hydrogen) atoms. The zero-order valence-corrected chi connectivity index (χ0v) is 8.32. The standard InChI is InChI=1S/C9H14N4O/c1-13(2)12-9(14)5-8-4-3-7(10)6-11-8/h3-4,6H,5,10H2,1-2H3,(H,12,14). The lowest BCUT2D eigenvalue weighted by Crippen LogP contribution is -2.37. The highest BCUT2D eigenvalue weighted by Crippen LogP contribution is 2.01. The van der Waals surface area contributed by atoms with Gasteiger partial charge in [-0.2, -0.15) is 0 Å². The number of anilines is 1. The van der Waals surface area contributed by atoms with Crippen molar-refractivity contribution in [2.45, 2.75) is 6.42 Å². The topological polar surface area (TPSA) is 71.2 Å². The number of hydrogen-bond acceptors (Lipinski definition) is 4. The van der Waals surface area contributed by atoms with Gasteiger partial charge in [0.2, 0.25) is 5.91 Å². The molecule has 0 aliphatic heterocycles. The summed E-state index contributed by atoms with van der Waals surface area (Å²) >= 11 is 0. The van der Waals surface area contributed by atoms with Gasteiger partial charge in [-0.1, -0.05) is 0 Å². The summed E-state index contributed by atoms with van der Waals surface area (Å²) in [6, 6.07) is 3.47. The van der Waals surface area contributed by atoms with Crippen molar-refractivity contribution in [2.75, 3.05) is 19.8 Å². The molecule has 0 saturated carbocycles. The van der Waals surface area contributed by atoms with E-state index in [2.05, 4.69) is 10.4 Å². The molecule has 1 rings (SSSR count). The van der Waals surface area contributed by atoms with Gasteiger partial charge < -0.3 is 5.73 Å². The van der Waals surface area contributed by atoms with Gasteiger partial charge in [0.25, 0.3) is 0 Å². The van der Waals surface area contributed by atoms with Crippen molar-refractivity contribution in [1.82, 2.24) is 15.4 Å². The Kier molecular flexibility index (Phi) is 3.41. The van der Waals surface area contributed by atoms with Crippen LogP contribution in [0, 0.1) is 0 Å².